The van der Waals surface area contributed by atoms with E-state index in [1.54, 1.807) is 7.11 Å². The highest BCUT2D eigenvalue weighted by atomic mass is 16.5. The molecule has 29 heavy (non-hydrogen) atoms. The molecule has 5 nitrogen and oxygen atoms in total. The second-order valence-corrected chi connectivity index (χ2v) is 6.38. The first-order chi connectivity index (χ1) is 14.2. The third-order valence-electron chi connectivity index (χ3n) is 4.48. The van der Waals surface area contributed by atoms with E-state index in [0.29, 0.717) is 5.89 Å². The molecule has 0 spiro atoms. The first kappa shape index (κ1) is 18.5. The first-order valence-corrected chi connectivity index (χ1v) is 9.15. The molecule has 0 aliphatic carbocycles. The minimum absolute atomic E-state index is 0.143. The largest absolute Gasteiger partial charge is 0.496 e. The van der Waals surface area contributed by atoms with E-state index in [-0.39, 0.29) is 12.3 Å². The number of carbonyl (C=O) groups is 1. The summed E-state index contributed by atoms with van der Waals surface area (Å²) in [6, 6.07) is 25.0. The van der Waals surface area contributed by atoms with Gasteiger partial charge in [-0.1, -0.05) is 60.7 Å². The molecule has 4 rings (SSSR count). The number of para-hydroxylation sites is 1. The summed E-state index contributed by atoms with van der Waals surface area (Å²) < 4.78 is 16.2. The topological polar surface area (TPSA) is 61.6 Å². The molecule has 0 radical (unpaired) electrons. The second kappa shape index (κ2) is 8.44. The summed E-state index contributed by atoms with van der Waals surface area (Å²) in [4.78, 5) is 16.5. The van der Waals surface area contributed by atoms with E-state index in [0.717, 1.165) is 28.0 Å². The number of rotatable bonds is 6. The number of benzene rings is 3. The van der Waals surface area contributed by atoms with Crippen LogP contribution in [-0.2, 0) is 11.3 Å². The molecule has 144 valence electrons. The Balaban J connectivity index is 1.47. The highest BCUT2D eigenvalue weighted by Crippen LogP contribution is 2.31. The van der Waals surface area contributed by atoms with Gasteiger partial charge in [0, 0.05) is 11.1 Å². The molecule has 4 aromatic rings. The summed E-state index contributed by atoms with van der Waals surface area (Å²) in [6.45, 7) is 0.190. The Kier molecular flexibility index (Phi) is 5.38. The minimum Gasteiger partial charge on any atom is -0.496 e. The van der Waals surface area contributed by atoms with Crippen molar-refractivity contribution in [1.29, 1.82) is 0 Å². The number of esters is 1. The Morgan fingerprint density at radius 1 is 0.897 bits per heavy atom. The molecule has 0 bridgehead atoms. The van der Waals surface area contributed by atoms with Gasteiger partial charge in [-0.05, 0) is 29.3 Å². The number of nitrogens with zero attached hydrogens (tertiary/aromatic N) is 1. The van der Waals surface area contributed by atoms with E-state index in [4.69, 9.17) is 13.9 Å². The fourth-order valence-electron chi connectivity index (χ4n) is 2.97. The van der Waals surface area contributed by atoms with Crippen LogP contribution in [0.15, 0.2) is 89.5 Å². The molecule has 1 aromatic heterocycles. The molecule has 0 aliphatic heterocycles. The Hall–Kier alpha value is -3.86. The van der Waals surface area contributed by atoms with Gasteiger partial charge in [-0.25, -0.2) is 9.78 Å². The van der Waals surface area contributed by atoms with Crippen LogP contribution >= 0.6 is 0 Å². The maximum absolute atomic E-state index is 12.2. The predicted octanol–water partition coefficient (Wildman–Crippen LogP) is 5.37. The zero-order valence-corrected chi connectivity index (χ0v) is 15.9. The number of aromatic nitrogens is 1. The highest BCUT2D eigenvalue weighted by molar-refractivity contribution is 5.87. The van der Waals surface area contributed by atoms with Crippen molar-refractivity contribution in [3.8, 4) is 28.3 Å². The molecule has 0 saturated heterocycles. The monoisotopic (exact) mass is 385 g/mol. The number of hydrogen-bond acceptors (Lipinski definition) is 5. The standard InChI is InChI=1S/C24H19NO4/c1-27-22-10-6-5-9-20(22)18-11-13-19(14-12-18)23-25-21(16-28-23)24(26)29-15-17-7-3-2-4-8-17/h2-14,16H,15H2,1H3. The molecule has 5 heteroatoms. The van der Waals surface area contributed by atoms with Gasteiger partial charge < -0.3 is 13.9 Å². The molecule has 0 fully saturated rings. The van der Waals surface area contributed by atoms with Gasteiger partial charge in [0.15, 0.2) is 5.69 Å². The van der Waals surface area contributed by atoms with Crippen molar-refractivity contribution < 1.29 is 18.7 Å². The van der Waals surface area contributed by atoms with Crippen molar-refractivity contribution in [1.82, 2.24) is 4.98 Å². The molecule has 0 N–H and O–H groups in total. The normalized spacial score (nSPS) is 10.5. The van der Waals surface area contributed by atoms with Gasteiger partial charge in [0.2, 0.25) is 5.89 Å². The lowest BCUT2D eigenvalue weighted by Crippen LogP contribution is -2.05. The summed E-state index contributed by atoms with van der Waals surface area (Å²) in [7, 11) is 1.65. The van der Waals surface area contributed by atoms with Gasteiger partial charge in [-0.15, -0.1) is 0 Å². The van der Waals surface area contributed by atoms with Gasteiger partial charge in [-0.3, -0.25) is 0 Å². The van der Waals surface area contributed by atoms with Gasteiger partial charge >= 0.3 is 5.97 Å². The Morgan fingerprint density at radius 2 is 1.59 bits per heavy atom. The molecular formula is C24H19NO4. The SMILES string of the molecule is COc1ccccc1-c1ccc(-c2nc(C(=O)OCc3ccccc3)co2)cc1. The first-order valence-electron chi connectivity index (χ1n) is 9.15. The van der Waals surface area contributed by atoms with Crippen LogP contribution in [0.25, 0.3) is 22.6 Å². The average molecular weight is 385 g/mol. The lowest BCUT2D eigenvalue weighted by Gasteiger charge is -2.08. The summed E-state index contributed by atoms with van der Waals surface area (Å²) in [6.07, 6.45) is 1.32. The number of oxazole rings is 1. The molecule has 0 atom stereocenters. The lowest BCUT2D eigenvalue weighted by atomic mass is 10.0. The van der Waals surface area contributed by atoms with Gasteiger partial charge in [0.25, 0.3) is 0 Å². The van der Waals surface area contributed by atoms with Crippen LogP contribution in [0, 0.1) is 0 Å². The molecule has 0 saturated carbocycles. The van der Waals surface area contributed by atoms with E-state index in [2.05, 4.69) is 4.98 Å². The molecule has 0 aliphatic rings. The quantitative estimate of drug-likeness (QED) is 0.417. The van der Waals surface area contributed by atoms with Crippen LogP contribution < -0.4 is 4.74 Å². The average Bonchev–Trinajstić information content (AvgIpc) is 3.29. The van der Waals surface area contributed by atoms with Crippen molar-refractivity contribution in [2.45, 2.75) is 6.61 Å². The number of hydrogen-bond donors (Lipinski definition) is 0. The van der Waals surface area contributed by atoms with Crippen LogP contribution in [0.3, 0.4) is 0 Å². The summed E-state index contributed by atoms with van der Waals surface area (Å²) >= 11 is 0. The summed E-state index contributed by atoms with van der Waals surface area (Å²) in [5.41, 5.74) is 3.84. The number of ether oxygens (including phenoxy) is 2. The van der Waals surface area contributed by atoms with Crippen LogP contribution in [0.5, 0.6) is 5.75 Å². The molecule has 0 amide bonds. The summed E-state index contributed by atoms with van der Waals surface area (Å²) in [5.74, 6) is 0.651. The summed E-state index contributed by atoms with van der Waals surface area (Å²) in [5, 5.41) is 0. The van der Waals surface area contributed by atoms with E-state index in [1.807, 2.05) is 78.9 Å². The highest BCUT2D eigenvalue weighted by Gasteiger charge is 2.15. The van der Waals surface area contributed by atoms with Crippen molar-refractivity contribution in [3.05, 3.63) is 96.4 Å². The van der Waals surface area contributed by atoms with Crippen molar-refractivity contribution in [2.75, 3.05) is 7.11 Å². The third-order valence-corrected chi connectivity index (χ3v) is 4.48. The second-order valence-electron chi connectivity index (χ2n) is 6.38. The fraction of sp³-hybridized carbons (Fsp3) is 0.0833. The van der Waals surface area contributed by atoms with Gasteiger partial charge in [0.05, 0.1) is 7.11 Å². The van der Waals surface area contributed by atoms with Crippen molar-refractivity contribution >= 4 is 5.97 Å². The van der Waals surface area contributed by atoms with Crippen LogP contribution in [-0.4, -0.2) is 18.1 Å². The maximum atomic E-state index is 12.2. The lowest BCUT2D eigenvalue weighted by molar-refractivity contribution is 0.0465. The minimum atomic E-state index is -0.519. The smallest absolute Gasteiger partial charge is 0.360 e. The van der Waals surface area contributed by atoms with Gasteiger partial charge in [0.1, 0.15) is 18.6 Å². The molecule has 0 unspecified atom stereocenters. The molecule has 1 heterocycles. The van der Waals surface area contributed by atoms with E-state index < -0.39 is 5.97 Å². The van der Waals surface area contributed by atoms with Crippen LogP contribution in [0.4, 0.5) is 0 Å². The van der Waals surface area contributed by atoms with E-state index in [9.17, 15) is 4.79 Å². The Bertz CT molecular complexity index is 1100. The molecular weight excluding hydrogens is 366 g/mol. The van der Waals surface area contributed by atoms with Crippen molar-refractivity contribution in [3.63, 3.8) is 0 Å². The van der Waals surface area contributed by atoms with Gasteiger partial charge in [-0.2, -0.15) is 0 Å². The van der Waals surface area contributed by atoms with E-state index in [1.165, 1.54) is 6.26 Å². The zero-order chi connectivity index (χ0) is 20.1. The molecule has 3 aromatic carbocycles. The maximum Gasteiger partial charge on any atom is 0.360 e. The van der Waals surface area contributed by atoms with E-state index >= 15 is 0 Å². The Morgan fingerprint density at radius 3 is 2.34 bits per heavy atom. The fourth-order valence-corrected chi connectivity index (χ4v) is 2.97. The zero-order valence-electron chi connectivity index (χ0n) is 15.9. The Labute approximate surface area is 168 Å². The predicted molar refractivity (Wildman–Crippen MR) is 109 cm³/mol. The number of methoxy groups -OCH3 is 1. The third kappa shape index (κ3) is 4.19. The van der Waals surface area contributed by atoms with Crippen LogP contribution in [0.1, 0.15) is 16.1 Å². The van der Waals surface area contributed by atoms with Crippen molar-refractivity contribution in [2.24, 2.45) is 0 Å². The number of carbonyl (C=O) groups excluding carboxylic acids is 1. The van der Waals surface area contributed by atoms with Crippen LogP contribution in [0.2, 0.25) is 0 Å².